The van der Waals surface area contributed by atoms with Crippen LogP contribution in [0.4, 0.5) is 34.1 Å². The third kappa shape index (κ3) is 6.96. The summed E-state index contributed by atoms with van der Waals surface area (Å²) in [5, 5.41) is 4.32. The van der Waals surface area contributed by atoms with Crippen molar-refractivity contribution in [3.05, 3.63) is 384 Å². The summed E-state index contributed by atoms with van der Waals surface area (Å²) in [6, 6.07) is 126. The van der Waals surface area contributed by atoms with Gasteiger partial charge in [0, 0.05) is 44.0 Å². The van der Waals surface area contributed by atoms with Crippen LogP contribution in [-0.4, -0.2) is 0 Å². The zero-order valence-corrected chi connectivity index (χ0v) is 52.0. The molecular weight excluding hydrogens is 1170 g/mol. The van der Waals surface area contributed by atoms with E-state index in [-0.39, 0.29) is 0 Å². The van der Waals surface area contributed by atoms with E-state index in [9.17, 15) is 0 Å². The maximum absolute atomic E-state index is 7.58. The van der Waals surface area contributed by atoms with E-state index >= 15 is 0 Å². The molecule has 0 aliphatic heterocycles. The highest BCUT2D eigenvalue weighted by molar-refractivity contribution is 6.24. The topological polar surface area (TPSA) is 32.8 Å². The van der Waals surface area contributed by atoms with Gasteiger partial charge in [-0.05, 0) is 173 Å². The predicted octanol–water partition coefficient (Wildman–Crippen LogP) is 24.4. The van der Waals surface area contributed by atoms with Crippen LogP contribution in [0, 0.1) is 0 Å². The van der Waals surface area contributed by atoms with Crippen LogP contribution in [0.2, 0.25) is 0 Å². The first kappa shape index (κ1) is 53.1. The molecule has 4 aliphatic rings. The average Bonchev–Trinajstić information content (AvgIpc) is 1.48. The third-order valence-electron chi connectivity index (χ3n) is 21.4. The lowest BCUT2D eigenvalue weighted by atomic mass is 9.68. The lowest BCUT2D eigenvalue weighted by molar-refractivity contribution is 0.668. The molecule has 96 heavy (non-hydrogen) atoms. The van der Waals surface area contributed by atoms with Gasteiger partial charge >= 0.3 is 0 Å². The first-order valence-electron chi connectivity index (χ1n) is 33.2. The number of furan rings is 2. The summed E-state index contributed by atoms with van der Waals surface area (Å²) in [5.74, 6) is 0. The van der Waals surface area contributed by atoms with Crippen LogP contribution in [0.1, 0.15) is 44.5 Å². The van der Waals surface area contributed by atoms with E-state index in [1.807, 2.05) is 0 Å². The molecule has 2 heterocycles. The quantitative estimate of drug-likeness (QED) is 0.152. The summed E-state index contributed by atoms with van der Waals surface area (Å²) in [6.07, 6.45) is 0. The zero-order valence-electron chi connectivity index (χ0n) is 52.0. The zero-order chi connectivity index (χ0) is 62.8. The van der Waals surface area contributed by atoms with Crippen molar-refractivity contribution >= 4 is 78.0 Å². The summed E-state index contributed by atoms with van der Waals surface area (Å²) in [4.78, 5) is 4.92. The fourth-order valence-electron chi connectivity index (χ4n) is 17.8. The van der Waals surface area contributed by atoms with Crippen LogP contribution >= 0.6 is 0 Å². The highest BCUT2D eigenvalue weighted by atomic mass is 16.3. The van der Waals surface area contributed by atoms with Crippen LogP contribution in [0.5, 0.6) is 0 Å². The second-order valence-corrected chi connectivity index (χ2v) is 26.0. The van der Waals surface area contributed by atoms with Gasteiger partial charge in [-0.15, -0.1) is 0 Å². The van der Waals surface area contributed by atoms with Gasteiger partial charge in [0.2, 0.25) is 0 Å². The van der Waals surface area contributed by atoms with Gasteiger partial charge in [0.1, 0.15) is 11.2 Å². The van der Waals surface area contributed by atoms with Gasteiger partial charge < -0.3 is 18.6 Å². The molecule has 15 aromatic carbocycles. The number of para-hydroxylation sites is 6. The second-order valence-electron chi connectivity index (χ2n) is 26.0. The van der Waals surface area contributed by atoms with E-state index in [4.69, 9.17) is 8.83 Å². The number of hydrogen-bond donors (Lipinski definition) is 0. The van der Waals surface area contributed by atoms with Gasteiger partial charge in [0.25, 0.3) is 0 Å². The smallest absolute Gasteiger partial charge is 0.160 e. The highest BCUT2D eigenvalue weighted by Gasteiger charge is 2.58. The van der Waals surface area contributed by atoms with Crippen molar-refractivity contribution in [2.75, 3.05) is 9.80 Å². The van der Waals surface area contributed by atoms with Crippen LogP contribution in [0.15, 0.2) is 349 Å². The Morgan fingerprint density at radius 1 is 0.219 bits per heavy atom. The molecule has 4 heteroatoms. The number of fused-ring (bicyclic) bond motifs is 28. The van der Waals surface area contributed by atoms with Crippen molar-refractivity contribution in [1.82, 2.24) is 0 Å². The summed E-state index contributed by atoms with van der Waals surface area (Å²) in [5.41, 5.74) is 31.9. The van der Waals surface area contributed by atoms with Crippen molar-refractivity contribution in [2.45, 2.75) is 10.8 Å². The van der Waals surface area contributed by atoms with E-state index in [2.05, 4.69) is 350 Å². The molecule has 21 rings (SSSR count). The summed E-state index contributed by atoms with van der Waals surface area (Å²) >= 11 is 0. The van der Waals surface area contributed by atoms with E-state index in [0.29, 0.717) is 0 Å². The molecule has 0 atom stereocenters. The Morgan fingerprint density at radius 2 is 0.521 bits per heavy atom. The molecule has 0 radical (unpaired) electrons. The van der Waals surface area contributed by atoms with E-state index in [0.717, 1.165) is 100 Å². The highest BCUT2D eigenvalue weighted by Crippen LogP contribution is 2.71. The molecule has 0 fully saturated rings. The van der Waals surface area contributed by atoms with Gasteiger partial charge in [0.15, 0.2) is 11.2 Å². The molecule has 0 bridgehead atoms. The molecule has 0 saturated carbocycles. The average molecular weight is 1220 g/mol. The Balaban J connectivity index is 0.944. The Kier molecular flexibility index (Phi) is 11.1. The Bertz CT molecular complexity index is 5640. The molecule has 0 N–H and O–H groups in total. The predicted molar refractivity (Wildman–Crippen MR) is 394 cm³/mol. The molecule has 0 amide bonds. The Hall–Kier alpha value is -12.5. The normalized spacial score (nSPS) is 13.6. The lowest BCUT2D eigenvalue weighted by Gasteiger charge is -2.33. The minimum absolute atomic E-state index is 0.820. The number of rotatable bonds is 8. The number of benzene rings is 15. The standard InChI is InChI=1S/C92H56N2O2/c1-5-29-57(30-6-1)61-37-17-25-49-79(61)93(59-33-9-3-10-34-59)81-55-77-85(87-67-43-19-27-51-83(67)95-89(81)87)69-53-76-70(54-75(69)91(77)71-45-21-13-39-63(71)64-40-14-22-46-72(64)91)86-78(92(76)73-47-23-15-41-65(73)66-42-16-24-48-74(66)92)56-82(90-88(86)68-44-20-28-52-84(68)96-90)94(60-35-11-4-12-36-60)80-50-26-18-38-62(80)58-31-7-2-8-32-58/h1-56H. The molecule has 0 unspecified atom stereocenters. The first-order chi connectivity index (χ1) is 47.7. The minimum Gasteiger partial charge on any atom is -0.454 e. The van der Waals surface area contributed by atoms with Crippen LogP contribution < -0.4 is 9.80 Å². The van der Waals surface area contributed by atoms with Crippen molar-refractivity contribution in [1.29, 1.82) is 0 Å². The molecule has 4 nitrogen and oxygen atoms in total. The van der Waals surface area contributed by atoms with Crippen molar-refractivity contribution in [3.8, 4) is 66.8 Å². The van der Waals surface area contributed by atoms with Gasteiger partial charge in [-0.3, -0.25) is 0 Å². The van der Waals surface area contributed by atoms with Crippen LogP contribution in [0.25, 0.3) is 111 Å². The summed E-state index contributed by atoms with van der Waals surface area (Å²) < 4.78 is 15.2. The molecule has 0 saturated heterocycles. The fraction of sp³-hybridized carbons (Fsp3) is 0.0217. The molecule has 446 valence electrons. The van der Waals surface area contributed by atoms with Gasteiger partial charge in [-0.1, -0.05) is 267 Å². The van der Waals surface area contributed by atoms with Crippen molar-refractivity contribution < 1.29 is 8.83 Å². The molecule has 2 spiro atoms. The van der Waals surface area contributed by atoms with Gasteiger partial charge in [-0.2, -0.15) is 0 Å². The van der Waals surface area contributed by atoms with E-state index in [1.54, 1.807) is 0 Å². The van der Waals surface area contributed by atoms with Crippen molar-refractivity contribution in [2.24, 2.45) is 0 Å². The fourth-order valence-corrected chi connectivity index (χ4v) is 17.8. The summed E-state index contributed by atoms with van der Waals surface area (Å²) in [6.45, 7) is 0. The number of anilines is 6. The second kappa shape index (κ2) is 20.0. The number of nitrogens with zero attached hydrogens (tertiary/aromatic N) is 2. The molecule has 4 aliphatic carbocycles. The third-order valence-corrected chi connectivity index (χ3v) is 21.4. The molecule has 17 aromatic rings. The lowest BCUT2D eigenvalue weighted by Crippen LogP contribution is -2.27. The van der Waals surface area contributed by atoms with Crippen LogP contribution in [-0.2, 0) is 10.8 Å². The van der Waals surface area contributed by atoms with Crippen molar-refractivity contribution in [3.63, 3.8) is 0 Å². The molecule has 2 aromatic heterocycles. The summed E-state index contributed by atoms with van der Waals surface area (Å²) in [7, 11) is 0. The van der Waals surface area contributed by atoms with E-state index in [1.165, 1.54) is 89.0 Å². The maximum Gasteiger partial charge on any atom is 0.160 e. The van der Waals surface area contributed by atoms with Crippen LogP contribution in [0.3, 0.4) is 0 Å². The van der Waals surface area contributed by atoms with E-state index < -0.39 is 10.8 Å². The maximum atomic E-state index is 7.58. The van der Waals surface area contributed by atoms with Gasteiger partial charge in [0.05, 0.1) is 33.6 Å². The monoisotopic (exact) mass is 1220 g/mol. The molecular formula is C92H56N2O2. The largest absolute Gasteiger partial charge is 0.454 e. The van der Waals surface area contributed by atoms with Gasteiger partial charge in [-0.25, -0.2) is 0 Å². The SMILES string of the molecule is c1ccc(-c2ccccc2N(c2ccccc2)c2cc3c(c4c2oc2ccccc24)-c2cc4c(cc2C32c3ccccc3-c3ccccc32)-c2c(cc(N(c3ccccc3)c3ccccc3-c3ccccc3)c3oc5ccccc5c23)C42c3ccccc3-c3ccccc32)cc1. The number of hydrogen-bond acceptors (Lipinski definition) is 4. The first-order valence-corrected chi connectivity index (χ1v) is 33.2. The Morgan fingerprint density at radius 3 is 0.896 bits per heavy atom. The minimum atomic E-state index is -0.820. The Labute approximate surface area is 555 Å².